The van der Waals surface area contributed by atoms with Gasteiger partial charge in [-0.3, -0.25) is 4.79 Å². The molecular weight excluding hydrogens is 286 g/mol. The highest BCUT2D eigenvalue weighted by molar-refractivity contribution is 5.94. The molecule has 0 unspecified atom stereocenters. The molecule has 0 atom stereocenters. The molecule has 2 fully saturated rings. The van der Waals surface area contributed by atoms with Crippen LogP contribution in [0.5, 0.6) is 0 Å². The zero-order valence-electron chi connectivity index (χ0n) is 14.0. The highest BCUT2D eigenvalue weighted by atomic mass is 16.3. The van der Waals surface area contributed by atoms with Crippen LogP contribution in [-0.4, -0.2) is 23.7 Å². The van der Waals surface area contributed by atoms with Gasteiger partial charge in [-0.05, 0) is 68.1 Å². The average Bonchev–Trinajstić information content (AvgIpc) is 2.63. The summed E-state index contributed by atoms with van der Waals surface area (Å²) in [6.07, 6.45) is 10.5. The summed E-state index contributed by atoms with van der Waals surface area (Å²) in [5, 5.41) is 12.5. The van der Waals surface area contributed by atoms with E-state index in [1.165, 1.54) is 24.8 Å². The monoisotopic (exact) mass is 315 g/mol. The minimum absolute atomic E-state index is 0.0859. The minimum Gasteiger partial charge on any atom is -0.396 e. The van der Waals surface area contributed by atoms with Gasteiger partial charge in [-0.15, -0.1) is 0 Å². The Kier molecular flexibility index (Phi) is 5.71. The standard InChI is InChI=1S/C20H29NO2/c22-14-15-9-11-16(12-10-15)17-5-4-6-18(13-17)20(23)21-19-7-2-1-3-8-19/h4-6,13,15-16,19,22H,1-3,7-12,14H2,(H,21,23). The van der Waals surface area contributed by atoms with E-state index in [1.807, 2.05) is 12.1 Å². The number of amides is 1. The molecule has 2 aliphatic carbocycles. The average molecular weight is 315 g/mol. The Balaban J connectivity index is 1.61. The quantitative estimate of drug-likeness (QED) is 0.882. The Hall–Kier alpha value is -1.35. The van der Waals surface area contributed by atoms with Gasteiger partial charge in [0.2, 0.25) is 0 Å². The van der Waals surface area contributed by atoms with Crippen LogP contribution in [0.1, 0.15) is 79.6 Å². The lowest BCUT2D eigenvalue weighted by atomic mass is 9.79. The smallest absolute Gasteiger partial charge is 0.251 e. The molecule has 0 aliphatic heterocycles. The molecule has 2 N–H and O–H groups in total. The second kappa shape index (κ2) is 7.96. The number of carbonyl (C=O) groups is 1. The molecule has 2 saturated carbocycles. The third-order valence-corrected chi connectivity index (χ3v) is 5.67. The first-order valence-electron chi connectivity index (χ1n) is 9.28. The van der Waals surface area contributed by atoms with E-state index in [0.717, 1.165) is 44.1 Å². The molecule has 3 rings (SSSR count). The molecule has 2 aliphatic rings. The second-order valence-corrected chi connectivity index (χ2v) is 7.33. The van der Waals surface area contributed by atoms with Crippen LogP contribution < -0.4 is 5.32 Å². The molecule has 1 amide bonds. The summed E-state index contributed by atoms with van der Waals surface area (Å²) < 4.78 is 0. The number of rotatable bonds is 4. The fourth-order valence-corrected chi connectivity index (χ4v) is 4.13. The van der Waals surface area contributed by atoms with Crippen molar-refractivity contribution in [2.75, 3.05) is 6.61 Å². The van der Waals surface area contributed by atoms with Gasteiger partial charge in [0.15, 0.2) is 0 Å². The molecule has 1 aromatic rings. The molecule has 0 saturated heterocycles. The maximum Gasteiger partial charge on any atom is 0.251 e. The van der Waals surface area contributed by atoms with Gasteiger partial charge in [-0.1, -0.05) is 31.4 Å². The van der Waals surface area contributed by atoms with Gasteiger partial charge >= 0.3 is 0 Å². The predicted octanol–water partition coefficient (Wildman–Crippen LogP) is 4.02. The van der Waals surface area contributed by atoms with E-state index >= 15 is 0 Å². The number of aliphatic hydroxyl groups is 1. The van der Waals surface area contributed by atoms with Crippen molar-refractivity contribution in [1.29, 1.82) is 0 Å². The Morgan fingerprint density at radius 3 is 2.48 bits per heavy atom. The molecule has 3 heteroatoms. The molecule has 23 heavy (non-hydrogen) atoms. The summed E-state index contributed by atoms with van der Waals surface area (Å²) in [5.74, 6) is 1.10. The van der Waals surface area contributed by atoms with Gasteiger partial charge < -0.3 is 10.4 Å². The van der Waals surface area contributed by atoms with E-state index in [9.17, 15) is 9.90 Å². The molecule has 3 nitrogen and oxygen atoms in total. The van der Waals surface area contributed by atoms with Gasteiger partial charge in [0.1, 0.15) is 0 Å². The van der Waals surface area contributed by atoms with Crippen LogP contribution in [0.3, 0.4) is 0 Å². The molecule has 1 aromatic carbocycles. The summed E-state index contributed by atoms with van der Waals surface area (Å²) >= 11 is 0. The van der Waals surface area contributed by atoms with E-state index in [1.54, 1.807) is 0 Å². The molecule has 0 bridgehead atoms. The first kappa shape index (κ1) is 16.5. The number of carbonyl (C=O) groups excluding carboxylic acids is 1. The second-order valence-electron chi connectivity index (χ2n) is 7.33. The molecular formula is C20H29NO2. The van der Waals surface area contributed by atoms with Crippen molar-refractivity contribution in [3.8, 4) is 0 Å². The van der Waals surface area contributed by atoms with E-state index in [4.69, 9.17) is 0 Å². The summed E-state index contributed by atoms with van der Waals surface area (Å²) in [6, 6.07) is 8.55. The van der Waals surface area contributed by atoms with Crippen molar-refractivity contribution >= 4 is 5.91 Å². The lowest BCUT2D eigenvalue weighted by Crippen LogP contribution is -2.36. The molecule has 0 radical (unpaired) electrons. The molecule has 0 aromatic heterocycles. The Bertz CT molecular complexity index is 514. The number of benzene rings is 1. The van der Waals surface area contributed by atoms with Gasteiger partial charge in [-0.25, -0.2) is 0 Å². The van der Waals surface area contributed by atoms with Gasteiger partial charge in [0.25, 0.3) is 5.91 Å². The van der Waals surface area contributed by atoms with Crippen LogP contribution in [0, 0.1) is 5.92 Å². The van der Waals surface area contributed by atoms with E-state index in [0.29, 0.717) is 24.5 Å². The van der Waals surface area contributed by atoms with Crippen molar-refractivity contribution in [2.24, 2.45) is 5.92 Å². The highest BCUT2D eigenvalue weighted by Crippen LogP contribution is 2.35. The van der Waals surface area contributed by atoms with Crippen molar-refractivity contribution in [3.05, 3.63) is 35.4 Å². The number of nitrogens with one attached hydrogen (secondary N) is 1. The number of hydrogen-bond acceptors (Lipinski definition) is 2. The highest BCUT2D eigenvalue weighted by Gasteiger charge is 2.23. The first-order chi connectivity index (χ1) is 11.3. The van der Waals surface area contributed by atoms with Crippen molar-refractivity contribution in [1.82, 2.24) is 5.32 Å². The fraction of sp³-hybridized carbons (Fsp3) is 0.650. The normalized spacial score (nSPS) is 26.0. The SMILES string of the molecule is O=C(NC1CCCCC1)c1cccc(C2CCC(CO)CC2)c1. The lowest BCUT2D eigenvalue weighted by Gasteiger charge is -2.28. The topological polar surface area (TPSA) is 49.3 Å². The first-order valence-corrected chi connectivity index (χ1v) is 9.28. The number of hydrogen-bond donors (Lipinski definition) is 2. The van der Waals surface area contributed by atoms with Crippen LogP contribution in [0.25, 0.3) is 0 Å². The summed E-state index contributed by atoms with van der Waals surface area (Å²) in [5.41, 5.74) is 2.09. The van der Waals surface area contributed by atoms with Gasteiger partial charge in [0, 0.05) is 18.2 Å². The van der Waals surface area contributed by atoms with Crippen LogP contribution in [0.15, 0.2) is 24.3 Å². The maximum atomic E-state index is 12.5. The van der Waals surface area contributed by atoms with Gasteiger partial charge in [0.05, 0.1) is 0 Å². The number of aliphatic hydroxyl groups excluding tert-OH is 1. The van der Waals surface area contributed by atoms with E-state index in [-0.39, 0.29) is 5.91 Å². The Morgan fingerprint density at radius 2 is 1.78 bits per heavy atom. The summed E-state index contributed by atoms with van der Waals surface area (Å²) in [7, 11) is 0. The molecule has 0 heterocycles. The third kappa shape index (κ3) is 4.35. The van der Waals surface area contributed by atoms with Crippen molar-refractivity contribution in [2.45, 2.75) is 69.7 Å². The summed E-state index contributed by atoms with van der Waals surface area (Å²) in [4.78, 5) is 12.5. The molecule has 0 spiro atoms. The van der Waals surface area contributed by atoms with E-state index in [2.05, 4.69) is 17.4 Å². The van der Waals surface area contributed by atoms with Crippen LogP contribution in [0.2, 0.25) is 0 Å². The Morgan fingerprint density at radius 1 is 1.04 bits per heavy atom. The van der Waals surface area contributed by atoms with Crippen LogP contribution >= 0.6 is 0 Å². The van der Waals surface area contributed by atoms with Crippen LogP contribution in [-0.2, 0) is 0 Å². The van der Waals surface area contributed by atoms with Crippen molar-refractivity contribution in [3.63, 3.8) is 0 Å². The zero-order chi connectivity index (χ0) is 16.1. The fourth-order valence-electron chi connectivity index (χ4n) is 4.13. The van der Waals surface area contributed by atoms with E-state index < -0.39 is 0 Å². The molecule has 126 valence electrons. The van der Waals surface area contributed by atoms with Crippen LogP contribution in [0.4, 0.5) is 0 Å². The maximum absolute atomic E-state index is 12.5. The zero-order valence-corrected chi connectivity index (χ0v) is 14.0. The Labute approximate surface area is 139 Å². The van der Waals surface area contributed by atoms with Crippen molar-refractivity contribution < 1.29 is 9.90 Å². The summed E-state index contributed by atoms with van der Waals surface area (Å²) in [6.45, 7) is 0.316. The lowest BCUT2D eigenvalue weighted by molar-refractivity contribution is 0.0927. The minimum atomic E-state index is 0.0859. The predicted molar refractivity (Wildman–Crippen MR) is 92.6 cm³/mol. The van der Waals surface area contributed by atoms with Gasteiger partial charge in [-0.2, -0.15) is 0 Å². The largest absolute Gasteiger partial charge is 0.396 e. The third-order valence-electron chi connectivity index (χ3n) is 5.67.